The first-order chi connectivity index (χ1) is 16.3. The molecule has 3 aromatic rings. The third-order valence-corrected chi connectivity index (χ3v) is 7.32. The number of carbonyl (C=O) groups is 1. The fourth-order valence-electron chi connectivity index (χ4n) is 4.02. The second-order valence-electron chi connectivity index (χ2n) is 8.87. The maximum atomic E-state index is 11.3. The van der Waals surface area contributed by atoms with Crippen LogP contribution in [0.15, 0.2) is 30.6 Å². The quantitative estimate of drug-likeness (QED) is 0.387. The van der Waals surface area contributed by atoms with E-state index in [-0.39, 0.29) is 18.6 Å². The Morgan fingerprint density at radius 1 is 1.26 bits per heavy atom. The monoisotopic (exact) mass is 501 g/mol. The third kappa shape index (κ3) is 5.85. The van der Waals surface area contributed by atoms with E-state index in [2.05, 4.69) is 23.8 Å². The van der Waals surface area contributed by atoms with Gasteiger partial charge < -0.3 is 14.6 Å². The highest BCUT2D eigenvalue weighted by Crippen LogP contribution is 2.37. The van der Waals surface area contributed by atoms with Gasteiger partial charge in [0, 0.05) is 18.0 Å². The summed E-state index contributed by atoms with van der Waals surface area (Å²) in [7, 11) is 0. The summed E-state index contributed by atoms with van der Waals surface area (Å²) >= 11 is 7.76. The molecular formula is C25H28ClN3O4S. The first-order valence-corrected chi connectivity index (χ1v) is 12.6. The second kappa shape index (κ2) is 10.7. The molecule has 34 heavy (non-hydrogen) atoms. The number of nitrogens with zero attached hydrogens (tertiary/aromatic N) is 3. The van der Waals surface area contributed by atoms with Gasteiger partial charge in [0.1, 0.15) is 12.4 Å². The molecular weight excluding hydrogens is 474 g/mol. The Labute approximate surface area is 208 Å². The minimum atomic E-state index is -0.746. The van der Waals surface area contributed by atoms with Crippen molar-refractivity contribution in [3.8, 4) is 22.3 Å². The van der Waals surface area contributed by atoms with Gasteiger partial charge in [-0.1, -0.05) is 25.4 Å². The molecule has 1 fully saturated rings. The molecule has 7 nitrogen and oxygen atoms in total. The number of aliphatic carboxylic acids is 1. The first-order valence-electron chi connectivity index (χ1n) is 11.4. The molecule has 0 aliphatic heterocycles. The van der Waals surface area contributed by atoms with Gasteiger partial charge in [0.25, 0.3) is 0 Å². The molecule has 0 unspecified atom stereocenters. The number of thiophene rings is 1. The Kier molecular flexibility index (Phi) is 7.68. The predicted octanol–water partition coefficient (Wildman–Crippen LogP) is 6.29. The van der Waals surface area contributed by atoms with Gasteiger partial charge in [-0.15, -0.1) is 11.3 Å². The number of carboxylic acid groups (broad SMARTS) is 1. The Hall–Kier alpha value is -2.71. The molecule has 0 saturated heterocycles. The standard InChI is InChI=1S/C25H28ClN3O4S/c1-14(2)18-11-27-25(28-12-18)32-13-17-10-22(26)34-23(17)20-7-8-21(15(3)29-20)33-19-6-4-5-16(9-19)24(30)31/h7-8,10-12,14,16,19H,4-6,9,13H2,1-3H3,(H,30,31)/t16-,19-/m0/s1. The number of rotatable bonds is 8. The normalized spacial score (nSPS) is 18.1. The van der Waals surface area contributed by atoms with Gasteiger partial charge >= 0.3 is 12.0 Å². The van der Waals surface area contributed by atoms with E-state index in [0.717, 1.165) is 40.2 Å². The third-order valence-electron chi connectivity index (χ3n) is 5.99. The van der Waals surface area contributed by atoms with Crippen molar-refractivity contribution >= 4 is 28.9 Å². The van der Waals surface area contributed by atoms with E-state index >= 15 is 0 Å². The van der Waals surface area contributed by atoms with E-state index in [1.807, 2.05) is 25.1 Å². The number of halogens is 1. The zero-order valence-electron chi connectivity index (χ0n) is 19.5. The largest absolute Gasteiger partial charge is 0.489 e. The molecule has 2 atom stereocenters. The van der Waals surface area contributed by atoms with Crippen LogP contribution in [0.25, 0.3) is 10.6 Å². The lowest BCUT2D eigenvalue weighted by Gasteiger charge is -2.27. The van der Waals surface area contributed by atoms with Crippen LogP contribution in [-0.2, 0) is 11.4 Å². The van der Waals surface area contributed by atoms with Crippen molar-refractivity contribution in [2.75, 3.05) is 0 Å². The smallest absolute Gasteiger partial charge is 0.316 e. The summed E-state index contributed by atoms with van der Waals surface area (Å²) in [5, 5.41) is 9.32. The minimum absolute atomic E-state index is 0.108. The summed E-state index contributed by atoms with van der Waals surface area (Å²) in [4.78, 5) is 25.6. The maximum absolute atomic E-state index is 11.3. The van der Waals surface area contributed by atoms with Crippen molar-refractivity contribution in [2.45, 2.75) is 65.1 Å². The van der Waals surface area contributed by atoms with Crippen LogP contribution >= 0.6 is 22.9 Å². The summed E-state index contributed by atoms with van der Waals surface area (Å²) in [6, 6.07) is 5.99. The highest BCUT2D eigenvalue weighted by atomic mass is 35.5. The van der Waals surface area contributed by atoms with Crippen molar-refractivity contribution in [3.05, 3.63) is 51.7 Å². The molecule has 0 amide bonds. The van der Waals surface area contributed by atoms with Gasteiger partial charge in [0.05, 0.1) is 32.6 Å². The SMILES string of the molecule is Cc1nc(-c2sc(Cl)cc2COc2ncc(C(C)C)cn2)ccc1O[C@H]1CCC[C@H](C(=O)O)C1. The number of hydrogen-bond donors (Lipinski definition) is 1. The highest BCUT2D eigenvalue weighted by molar-refractivity contribution is 7.19. The van der Waals surface area contributed by atoms with E-state index < -0.39 is 5.97 Å². The Balaban J connectivity index is 1.46. The van der Waals surface area contributed by atoms with Crippen LogP contribution in [0, 0.1) is 12.8 Å². The van der Waals surface area contributed by atoms with Crippen LogP contribution in [0.2, 0.25) is 4.34 Å². The van der Waals surface area contributed by atoms with Gasteiger partial charge in [0.15, 0.2) is 0 Å². The summed E-state index contributed by atoms with van der Waals surface area (Å²) < 4.78 is 12.6. The van der Waals surface area contributed by atoms with Crippen LogP contribution in [0.5, 0.6) is 11.8 Å². The van der Waals surface area contributed by atoms with Crippen LogP contribution in [0.1, 0.15) is 62.3 Å². The van der Waals surface area contributed by atoms with Gasteiger partial charge in [-0.3, -0.25) is 4.79 Å². The number of aromatic nitrogens is 3. The molecule has 0 aromatic carbocycles. The van der Waals surface area contributed by atoms with E-state index in [1.54, 1.807) is 12.4 Å². The molecule has 1 saturated carbocycles. The van der Waals surface area contributed by atoms with E-state index in [4.69, 9.17) is 26.1 Å². The fraction of sp³-hybridized carbons (Fsp3) is 0.440. The van der Waals surface area contributed by atoms with Gasteiger partial charge in [-0.05, 0) is 62.3 Å². The lowest BCUT2D eigenvalue weighted by atomic mass is 9.87. The minimum Gasteiger partial charge on any atom is -0.489 e. The zero-order valence-corrected chi connectivity index (χ0v) is 21.0. The molecule has 0 radical (unpaired) electrons. The summed E-state index contributed by atoms with van der Waals surface area (Å²) in [5.74, 6) is -0.0510. The van der Waals surface area contributed by atoms with Crippen molar-refractivity contribution in [3.63, 3.8) is 0 Å². The maximum Gasteiger partial charge on any atom is 0.316 e. The number of carboxylic acids is 1. The molecule has 180 valence electrons. The van der Waals surface area contributed by atoms with Gasteiger partial charge in [-0.2, -0.15) is 0 Å². The number of hydrogen-bond acceptors (Lipinski definition) is 7. The van der Waals surface area contributed by atoms with Crippen LogP contribution in [-0.4, -0.2) is 32.1 Å². The summed E-state index contributed by atoms with van der Waals surface area (Å²) in [5.41, 5.74) is 3.49. The van der Waals surface area contributed by atoms with Gasteiger partial charge in [-0.25, -0.2) is 15.0 Å². The van der Waals surface area contributed by atoms with Crippen LogP contribution < -0.4 is 9.47 Å². The fourth-order valence-corrected chi connectivity index (χ4v) is 5.24. The molecule has 0 spiro atoms. The number of aryl methyl sites for hydroxylation is 1. The molecule has 1 aliphatic rings. The molecule has 1 aliphatic carbocycles. The molecule has 4 rings (SSSR count). The van der Waals surface area contributed by atoms with Crippen LogP contribution in [0.4, 0.5) is 0 Å². The summed E-state index contributed by atoms with van der Waals surface area (Å²) in [6.45, 7) is 6.35. The average Bonchev–Trinajstić information content (AvgIpc) is 3.20. The molecule has 0 bridgehead atoms. The van der Waals surface area contributed by atoms with E-state index in [0.29, 0.717) is 34.9 Å². The number of ether oxygens (including phenoxy) is 2. The topological polar surface area (TPSA) is 94.4 Å². The number of pyridine rings is 1. The van der Waals surface area contributed by atoms with Crippen molar-refractivity contribution in [1.82, 2.24) is 15.0 Å². The summed E-state index contributed by atoms with van der Waals surface area (Å²) in [6.07, 6.45) is 6.40. The first kappa shape index (κ1) is 24.4. The van der Waals surface area contributed by atoms with Crippen molar-refractivity contribution in [2.24, 2.45) is 5.92 Å². The molecule has 9 heteroatoms. The van der Waals surface area contributed by atoms with E-state index in [1.165, 1.54) is 11.3 Å². The Bertz CT molecular complexity index is 1150. The van der Waals surface area contributed by atoms with Crippen molar-refractivity contribution < 1.29 is 19.4 Å². The zero-order chi connectivity index (χ0) is 24.2. The lowest BCUT2D eigenvalue weighted by molar-refractivity contribution is -0.143. The predicted molar refractivity (Wildman–Crippen MR) is 132 cm³/mol. The van der Waals surface area contributed by atoms with Gasteiger partial charge in [0.2, 0.25) is 0 Å². The van der Waals surface area contributed by atoms with E-state index in [9.17, 15) is 9.90 Å². The average molecular weight is 502 g/mol. The molecule has 3 aromatic heterocycles. The Morgan fingerprint density at radius 2 is 2.03 bits per heavy atom. The van der Waals surface area contributed by atoms with Crippen molar-refractivity contribution in [1.29, 1.82) is 0 Å². The van der Waals surface area contributed by atoms with Crippen LogP contribution in [0.3, 0.4) is 0 Å². The second-order valence-corrected chi connectivity index (χ2v) is 10.6. The Morgan fingerprint density at radius 3 is 2.71 bits per heavy atom. The highest BCUT2D eigenvalue weighted by Gasteiger charge is 2.28. The molecule has 3 heterocycles. The molecule has 1 N–H and O–H groups in total. The lowest BCUT2D eigenvalue weighted by Crippen LogP contribution is -2.29.